The zero-order valence-corrected chi connectivity index (χ0v) is 28.6. The first-order chi connectivity index (χ1) is 23.8. The van der Waals surface area contributed by atoms with E-state index in [1.54, 1.807) is 13.8 Å². The van der Waals surface area contributed by atoms with Crippen molar-refractivity contribution in [3.63, 3.8) is 0 Å². The number of fused-ring (bicyclic) bond motifs is 1. The predicted octanol–water partition coefficient (Wildman–Crippen LogP) is 7.20. The molecule has 1 saturated carbocycles. The molecule has 1 unspecified atom stereocenters. The Morgan fingerprint density at radius 3 is 2.20 bits per heavy atom. The number of hydrogen-bond acceptors (Lipinski definition) is 6. The number of carbonyl (C=O) groups excluding carboxylic acids is 3. The Kier molecular flexibility index (Phi) is 11.4. The van der Waals surface area contributed by atoms with Gasteiger partial charge in [0, 0.05) is 31.7 Å². The lowest BCUT2D eigenvalue weighted by molar-refractivity contribution is -0.139. The average Bonchev–Trinajstić information content (AvgIpc) is 3.10. The van der Waals surface area contributed by atoms with Gasteiger partial charge in [-0.05, 0) is 56.9 Å². The Balaban J connectivity index is 1.51. The fourth-order valence-corrected chi connectivity index (χ4v) is 6.67. The fourth-order valence-electron chi connectivity index (χ4n) is 6.67. The molecule has 1 heterocycles. The number of nitrogens with zero attached hydrogens (tertiary/aromatic N) is 3. The fraction of sp³-hybridized carbons (Fsp3) is 0.447. The van der Waals surface area contributed by atoms with Crippen molar-refractivity contribution in [3.05, 3.63) is 95.1 Å². The van der Waals surface area contributed by atoms with Crippen LogP contribution in [0, 0.1) is 0 Å². The zero-order valence-electron chi connectivity index (χ0n) is 28.6. The summed E-state index contributed by atoms with van der Waals surface area (Å²) in [4.78, 5) is 45.6. The van der Waals surface area contributed by atoms with Crippen molar-refractivity contribution in [1.82, 2.24) is 9.80 Å². The number of alkyl halides is 3. The summed E-state index contributed by atoms with van der Waals surface area (Å²) in [7, 11) is 0. The summed E-state index contributed by atoms with van der Waals surface area (Å²) in [6, 6.07) is 19.5. The second-order valence-electron chi connectivity index (χ2n) is 13.4. The van der Waals surface area contributed by atoms with Crippen LogP contribution in [0.2, 0.25) is 0 Å². The summed E-state index contributed by atoms with van der Waals surface area (Å²) in [5.41, 5.74) is -2.18. The van der Waals surface area contributed by atoms with E-state index in [9.17, 15) is 32.7 Å². The van der Waals surface area contributed by atoms with Crippen LogP contribution in [0.5, 0.6) is 5.75 Å². The van der Waals surface area contributed by atoms with Gasteiger partial charge in [-0.25, -0.2) is 4.79 Å². The van der Waals surface area contributed by atoms with Crippen molar-refractivity contribution >= 4 is 23.6 Å². The number of amides is 3. The number of anilines is 1. The van der Waals surface area contributed by atoms with Gasteiger partial charge >= 0.3 is 12.3 Å². The summed E-state index contributed by atoms with van der Waals surface area (Å²) >= 11 is 0. The normalized spacial score (nSPS) is 18.0. The van der Waals surface area contributed by atoms with Crippen molar-refractivity contribution in [2.75, 3.05) is 24.6 Å². The molecule has 3 aromatic rings. The summed E-state index contributed by atoms with van der Waals surface area (Å²) in [5.74, 6) is -1.81. The molecule has 0 spiro atoms. The van der Waals surface area contributed by atoms with Crippen LogP contribution in [-0.4, -0.2) is 70.2 Å². The van der Waals surface area contributed by atoms with Crippen LogP contribution in [0.4, 0.5) is 23.7 Å². The smallest absolute Gasteiger partial charge is 0.417 e. The van der Waals surface area contributed by atoms with Crippen LogP contribution in [0.1, 0.15) is 79.9 Å². The van der Waals surface area contributed by atoms with Crippen molar-refractivity contribution in [1.29, 1.82) is 0 Å². The van der Waals surface area contributed by atoms with Gasteiger partial charge in [-0.3, -0.25) is 9.59 Å². The first-order valence-electron chi connectivity index (χ1n) is 17.0. The average molecular weight is 696 g/mol. The van der Waals surface area contributed by atoms with Gasteiger partial charge in [-0.1, -0.05) is 79.9 Å². The van der Waals surface area contributed by atoms with E-state index in [1.807, 2.05) is 60.7 Å². The molecule has 12 heteroatoms. The Bertz CT molecular complexity index is 1650. The van der Waals surface area contributed by atoms with E-state index in [1.165, 1.54) is 21.6 Å². The minimum atomic E-state index is -4.92. The molecule has 5 rings (SSSR count). The Hall–Kier alpha value is -4.58. The maximum absolute atomic E-state index is 14.7. The van der Waals surface area contributed by atoms with E-state index < -0.39 is 47.4 Å². The molecular weight excluding hydrogens is 651 g/mol. The molecule has 1 N–H and O–H groups in total. The maximum atomic E-state index is 14.7. The van der Waals surface area contributed by atoms with Gasteiger partial charge in [0.05, 0.1) is 23.4 Å². The van der Waals surface area contributed by atoms with E-state index >= 15 is 0 Å². The first-order valence-corrected chi connectivity index (χ1v) is 17.0. The molecule has 1 aliphatic heterocycles. The highest BCUT2D eigenvalue weighted by Crippen LogP contribution is 2.44. The second-order valence-corrected chi connectivity index (χ2v) is 13.4. The van der Waals surface area contributed by atoms with Gasteiger partial charge < -0.3 is 29.3 Å². The molecular formula is C38H44F3N3O6. The lowest BCUT2D eigenvalue weighted by Gasteiger charge is -2.41. The Morgan fingerprint density at radius 2 is 1.62 bits per heavy atom. The van der Waals surface area contributed by atoms with Gasteiger partial charge in [0.15, 0.2) is 0 Å². The minimum Gasteiger partial charge on any atom is -0.473 e. The highest BCUT2D eigenvalue weighted by molar-refractivity contribution is 6.05. The van der Waals surface area contributed by atoms with Crippen molar-refractivity contribution < 1.29 is 42.1 Å². The summed E-state index contributed by atoms with van der Waals surface area (Å²) in [6.45, 7) is 3.89. The second kappa shape index (κ2) is 15.5. The molecule has 2 aliphatic rings. The molecule has 268 valence electrons. The third-order valence-electron chi connectivity index (χ3n) is 9.29. The van der Waals surface area contributed by atoms with Crippen LogP contribution in [-0.2, 0) is 28.9 Å². The van der Waals surface area contributed by atoms with E-state index in [-0.39, 0.29) is 49.8 Å². The van der Waals surface area contributed by atoms with Crippen LogP contribution in [0.3, 0.4) is 0 Å². The zero-order chi connectivity index (χ0) is 36.1. The number of hydrogen-bond donors (Lipinski definition) is 1. The molecule has 0 bridgehead atoms. The van der Waals surface area contributed by atoms with Crippen LogP contribution in [0.15, 0.2) is 72.8 Å². The molecule has 0 radical (unpaired) electrons. The lowest BCUT2D eigenvalue weighted by atomic mass is 9.92. The summed E-state index contributed by atoms with van der Waals surface area (Å²) in [5, 5.41) is 10.2. The number of ether oxygens (including phenoxy) is 2. The van der Waals surface area contributed by atoms with Gasteiger partial charge in [0.25, 0.3) is 11.8 Å². The third-order valence-corrected chi connectivity index (χ3v) is 9.29. The largest absolute Gasteiger partial charge is 0.473 e. The highest BCUT2D eigenvalue weighted by Gasteiger charge is 2.47. The summed E-state index contributed by atoms with van der Waals surface area (Å²) < 4.78 is 55.4. The molecule has 1 atom stereocenters. The van der Waals surface area contributed by atoms with Crippen molar-refractivity contribution in [2.45, 2.75) is 89.9 Å². The van der Waals surface area contributed by atoms with E-state index in [0.29, 0.717) is 12.8 Å². The SMILES string of the molecule is CC(C)N(C(=O)c1cc2c(cc1C(F)(F)F)OC(C)(CO)C(=O)N2CCN(Cc1ccccc1)C(=O)OCc1ccccc1)C1CCCCC1. The highest BCUT2D eigenvalue weighted by atomic mass is 19.4. The number of aliphatic hydroxyl groups excluding tert-OH is 1. The maximum Gasteiger partial charge on any atom is 0.417 e. The molecule has 50 heavy (non-hydrogen) atoms. The first kappa shape index (κ1) is 36.7. The Morgan fingerprint density at radius 1 is 1.00 bits per heavy atom. The van der Waals surface area contributed by atoms with Crippen LogP contribution in [0.25, 0.3) is 0 Å². The van der Waals surface area contributed by atoms with E-state index in [4.69, 9.17) is 9.47 Å². The quantitative estimate of drug-likeness (QED) is 0.228. The van der Waals surface area contributed by atoms with Crippen LogP contribution >= 0.6 is 0 Å². The van der Waals surface area contributed by atoms with Crippen LogP contribution < -0.4 is 9.64 Å². The summed E-state index contributed by atoms with van der Waals surface area (Å²) in [6.07, 6.45) is -1.45. The van der Waals surface area contributed by atoms with E-state index in [0.717, 1.165) is 42.5 Å². The molecule has 0 saturated heterocycles. The van der Waals surface area contributed by atoms with Gasteiger partial charge in [0.1, 0.15) is 12.4 Å². The number of rotatable bonds is 11. The van der Waals surface area contributed by atoms with Gasteiger partial charge in [-0.2, -0.15) is 13.2 Å². The van der Waals surface area contributed by atoms with Crippen molar-refractivity contribution in [3.8, 4) is 5.75 Å². The topological polar surface area (TPSA) is 99.6 Å². The molecule has 9 nitrogen and oxygen atoms in total. The molecule has 3 aromatic carbocycles. The third kappa shape index (κ3) is 8.23. The van der Waals surface area contributed by atoms with Gasteiger partial charge in [0.2, 0.25) is 5.60 Å². The Labute approximate surface area is 290 Å². The van der Waals surface area contributed by atoms with E-state index in [2.05, 4.69) is 0 Å². The predicted molar refractivity (Wildman–Crippen MR) is 182 cm³/mol. The molecule has 1 aliphatic carbocycles. The lowest BCUT2D eigenvalue weighted by Crippen LogP contribution is -2.58. The van der Waals surface area contributed by atoms with Crippen molar-refractivity contribution in [2.24, 2.45) is 0 Å². The number of aliphatic hydroxyl groups is 1. The number of carbonyl (C=O) groups is 3. The monoisotopic (exact) mass is 695 g/mol. The molecule has 0 aromatic heterocycles. The van der Waals surface area contributed by atoms with Gasteiger partial charge in [-0.15, -0.1) is 0 Å². The minimum absolute atomic E-state index is 0.00585. The number of benzene rings is 3. The number of halogens is 3. The molecule has 3 amide bonds. The molecule has 1 fully saturated rings. The standard InChI is InChI=1S/C38H44F3N3O6/c1-26(2)44(29-17-11-6-12-18-29)34(46)30-21-32-33(22-31(30)38(39,40)41)50-37(3,25-45)35(47)43(32)20-19-42(23-27-13-7-4-8-14-27)36(48)49-24-28-15-9-5-10-16-28/h4-5,7-10,13-16,21-22,26,29,45H,6,11-12,17-20,23-25H2,1-3H3.